The van der Waals surface area contributed by atoms with E-state index in [0.717, 1.165) is 11.1 Å². The van der Waals surface area contributed by atoms with E-state index in [0.29, 0.717) is 11.3 Å². The highest BCUT2D eigenvalue weighted by Crippen LogP contribution is 2.20. The molecule has 0 atom stereocenters. The van der Waals surface area contributed by atoms with Crippen LogP contribution in [0.3, 0.4) is 0 Å². The van der Waals surface area contributed by atoms with Gasteiger partial charge in [0.25, 0.3) is 10.0 Å². The molecule has 0 radical (unpaired) electrons. The van der Waals surface area contributed by atoms with Crippen LogP contribution in [0.25, 0.3) is 0 Å². The van der Waals surface area contributed by atoms with Crippen molar-refractivity contribution in [2.24, 2.45) is 0 Å². The minimum Gasteiger partial charge on any atom is -0.278 e. The number of benzene rings is 3. The molecule has 0 aliphatic rings. The molecule has 2 N–H and O–H groups in total. The van der Waals surface area contributed by atoms with Crippen LogP contribution in [0, 0.1) is 25.7 Å². The summed E-state index contributed by atoms with van der Waals surface area (Å²) in [4.78, 5) is 0.364. The Morgan fingerprint density at radius 2 is 1.25 bits per heavy atom. The van der Waals surface area contributed by atoms with Gasteiger partial charge in [0, 0.05) is 18.5 Å². The third-order valence-electron chi connectivity index (χ3n) is 4.60. The standard InChI is InChI=1S/C24H24N2O4S2/c1-19-10-14-22(15-11-19)31(27,28)25-18-6-5-8-21-7-3-4-9-24(21)26-32(29,30)23-16-12-20(2)13-17-23/h3-4,7,9-17,25-26H,6,18H2,1-2H3. The van der Waals surface area contributed by atoms with E-state index in [1.54, 1.807) is 72.8 Å². The van der Waals surface area contributed by atoms with Gasteiger partial charge in [0.2, 0.25) is 10.0 Å². The van der Waals surface area contributed by atoms with E-state index in [1.165, 1.54) is 0 Å². The zero-order chi connectivity index (χ0) is 23.2. The Morgan fingerprint density at radius 3 is 1.84 bits per heavy atom. The van der Waals surface area contributed by atoms with Gasteiger partial charge in [-0.2, -0.15) is 0 Å². The van der Waals surface area contributed by atoms with Crippen LogP contribution in [0.2, 0.25) is 0 Å². The highest BCUT2D eigenvalue weighted by molar-refractivity contribution is 7.92. The lowest BCUT2D eigenvalue weighted by Crippen LogP contribution is -2.24. The summed E-state index contributed by atoms with van der Waals surface area (Å²) in [6.07, 6.45) is 0.268. The predicted octanol–water partition coefficient (Wildman–Crippen LogP) is 3.82. The van der Waals surface area contributed by atoms with Crippen LogP contribution in [-0.2, 0) is 20.0 Å². The van der Waals surface area contributed by atoms with Crippen LogP contribution in [-0.4, -0.2) is 23.4 Å². The molecule has 0 saturated carbocycles. The average Bonchev–Trinajstić information content (AvgIpc) is 2.75. The fourth-order valence-electron chi connectivity index (χ4n) is 2.81. The third-order valence-corrected chi connectivity index (χ3v) is 7.46. The molecule has 0 fully saturated rings. The summed E-state index contributed by atoms with van der Waals surface area (Å²) in [5.41, 5.74) is 2.81. The summed E-state index contributed by atoms with van der Waals surface area (Å²) in [7, 11) is -7.35. The Morgan fingerprint density at radius 1 is 0.719 bits per heavy atom. The molecule has 3 aromatic rings. The summed E-state index contributed by atoms with van der Waals surface area (Å²) in [6.45, 7) is 3.91. The van der Waals surface area contributed by atoms with Gasteiger partial charge in [-0.1, -0.05) is 59.4 Å². The van der Waals surface area contributed by atoms with Gasteiger partial charge in [0.1, 0.15) is 0 Å². The lowest BCUT2D eigenvalue weighted by Gasteiger charge is -2.10. The summed E-state index contributed by atoms with van der Waals surface area (Å²) in [5.74, 6) is 5.81. The molecule has 3 aromatic carbocycles. The van der Waals surface area contributed by atoms with Gasteiger partial charge >= 0.3 is 0 Å². The minimum atomic E-state index is -3.75. The van der Waals surface area contributed by atoms with Crippen molar-refractivity contribution in [1.82, 2.24) is 4.72 Å². The van der Waals surface area contributed by atoms with Gasteiger partial charge in [-0.05, 0) is 50.2 Å². The van der Waals surface area contributed by atoms with Gasteiger partial charge in [-0.25, -0.2) is 21.6 Å². The van der Waals surface area contributed by atoms with Crippen LogP contribution in [0.1, 0.15) is 23.1 Å². The second-order valence-corrected chi connectivity index (χ2v) is 10.7. The molecule has 3 rings (SSSR count). The summed E-state index contributed by atoms with van der Waals surface area (Å²) in [5, 5.41) is 0. The van der Waals surface area contributed by atoms with Crippen molar-refractivity contribution in [2.75, 3.05) is 11.3 Å². The number of aryl methyl sites for hydroxylation is 2. The molecule has 166 valence electrons. The molecule has 0 bridgehead atoms. The first kappa shape index (κ1) is 23.5. The van der Waals surface area contributed by atoms with Crippen molar-refractivity contribution in [2.45, 2.75) is 30.1 Å². The zero-order valence-electron chi connectivity index (χ0n) is 17.8. The van der Waals surface area contributed by atoms with Crippen LogP contribution in [0.5, 0.6) is 0 Å². The fourth-order valence-corrected chi connectivity index (χ4v) is 4.92. The second kappa shape index (κ2) is 10.0. The van der Waals surface area contributed by atoms with E-state index in [9.17, 15) is 16.8 Å². The molecule has 8 heteroatoms. The van der Waals surface area contributed by atoms with E-state index in [-0.39, 0.29) is 22.8 Å². The van der Waals surface area contributed by atoms with Crippen molar-refractivity contribution in [3.05, 3.63) is 89.5 Å². The van der Waals surface area contributed by atoms with E-state index in [4.69, 9.17) is 0 Å². The first-order chi connectivity index (χ1) is 15.2. The maximum Gasteiger partial charge on any atom is 0.261 e. The normalized spacial score (nSPS) is 11.4. The lowest BCUT2D eigenvalue weighted by atomic mass is 10.2. The first-order valence-electron chi connectivity index (χ1n) is 9.91. The lowest BCUT2D eigenvalue weighted by molar-refractivity contribution is 0.582. The highest BCUT2D eigenvalue weighted by atomic mass is 32.2. The molecule has 6 nitrogen and oxygen atoms in total. The van der Waals surface area contributed by atoms with Gasteiger partial charge in [0.05, 0.1) is 15.5 Å². The summed E-state index contributed by atoms with van der Waals surface area (Å²) >= 11 is 0. The van der Waals surface area contributed by atoms with Crippen LogP contribution in [0.4, 0.5) is 5.69 Å². The maximum atomic E-state index is 12.7. The van der Waals surface area contributed by atoms with E-state index >= 15 is 0 Å². The largest absolute Gasteiger partial charge is 0.278 e. The average molecular weight is 469 g/mol. The Labute approximate surface area is 189 Å². The van der Waals surface area contributed by atoms with Gasteiger partial charge in [-0.15, -0.1) is 0 Å². The number of sulfonamides is 2. The van der Waals surface area contributed by atoms with E-state index < -0.39 is 20.0 Å². The third kappa shape index (κ3) is 6.20. The van der Waals surface area contributed by atoms with Crippen LogP contribution < -0.4 is 9.44 Å². The van der Waals surface area contributed by atoms with Crippen molar-refractivity contribution in [3.63, 3.8) is 0 Å². The molecule has 0 spiro atoms. The number of nitrogens with one attached hydrogen (secondary N) is 2. The Bertz CT molecular complexity index is 1350. The summed E-state index contributed by atoms with van der Waals surface area (Å²) < 4.78 is 55.0. The van der Waals surface area contributed by atoms with E-state index in [2.05, 4.69) is 21.3 Å². The summed E-state index contributed by atoms with van der Waals surface area (Å²) in [6, 6.07) is 20.0. The van der Waals surface area contributed by atoms with Gasteiger partial charge in [0.15, 0.2) is 0 Å². The molecule has 0 saturated heterocycles. The monoisotopic (exact) mass is 468 g/mol. The first-order valence-corrected chi connectivity index (χ1v) is 12.9. The van der Waals surface area contributed by atoms with Crippen molar-refractivity contribution in [3.8, 4) is 11.8 Å². The van der Waals surface area contributed by atoms with Crippen molar-refractivity contribution in [1.29, 1.82) is 0 Å². The molecule has 0 aromatic heterocycles. The molecule has 32 heavy (non-hydrogen) atoms. The van der Waals surface area contributed by atoms with E-state index in [1.807, 2.05) is 13.8 Å². The van der Waals surface area contributed by atoms with Crippen LogP contribution >= 0.6 is 0 Å². The molecule has 0 aliphatic carbocycles. The fraction of sp³-hybridized carbons (Fsp3) is 0.167. The molecular weight excluding hydrogens is 444 g/mol. The molecule has 0 heterocycles. The highest BCUT2D eigenvalue weighted by Gasteiger charge is 2.15. The molecule has 0 amide bonds. The van der Waals surface area contributed by atoms with Crippen molar-refractivity contribution >= 4 is 25.7 Å². The Kier molecular flexibility index (Phi) is 7.36. The Balaban J connectivity index is 1.66. The Hall–Kier alpha value is -3.12. The molecule has 0 aliphatic heterocycles. The van der Waals surface area contributed by atoms with Crippen molar-refractivity contribution < 1.29 is 16.8 Å². The number of hydrogen-bond donors (Lipinski definition) is 2. The number of para-hydroxylation sites is 1. The molecular formula is C24H24N2O4S2. The minimum absolute atomic E-state index is 0.139. The van der Waals surface area contributed by atoms with Gasteiger partial charge < -0.3 is 0 Å². The number of hydrogen-bond acceptors (Lipinski definition) is 4. The number of anilines is 1. The smallest absolute Gasteiger partial charge is 0.261 e. The second-order valence-electron chi connectivity index (χ2n) is 7.23. The predicted molar refractivity (Wildman–Crippen MR) is 126 cm³/mol. The SMILES string of the molecule is Cc1ccc(S(=O)(=O)NCCC#Cc2ccccc2NS(=O)(=O)c2ccc(C)cc2)cc1. The number of rotatable bonds is 7. The van der Waals surface area contributed by atoms with Gasteiger partial charge in [-0.3, -0.25) is 4.72 Å². The maximum absolute atomic E-state index is 12.7. The topological polar surface area (TPSA) is 92.3 Å². The quantitative estimate of drug-likeness (QED) is 0.407. The van der Waals surface area contributed by atoms with Crippen LogP contribution in [0.15, 0.2) is 82.6 Å². The molecule has 0 unspecified atom stereocenters. The zero-order valence-corrected chi connectivity index (χ0v) is 19.4.